The number of carbonyl (C=O) groups excluding carboxylic acids is 1. The highest BCUT2D eigenvalue weighted by Crippen LogP contribution is 2.56. The van der Waals surface area contributed by atoms with Crippen molar-refractivity contribution in [2.75, 3.05) is 7.11 Å². The van der Waals surface area contributed by atoms with Crippen molar-refractivity contribution in [3.8, 4) is 0 Å². The molecule has 0 aromatic carbocycles. The molecule has 0 aromatic rings. The van der Waals surface area contributed by atoms with Gasteiger partial charge < -0.3 is 15.6 Å². The minimum atomic E-state index is -1.62. The quantitative estimate of drug-likeness (QED) is 0.634. The lowest BCUT2D eigenvalue weighted by Gasteiger charge is -2.47. The Morgan fingerprint density at radius 3 is 2.62 bits per heavy atom. The Morgan fingerprint density at radius 2 is 2.19 bits per heavy atom. The van der Waals surface area contributed by atoms with Gasteiger partial charge in [0.05, 0.1) is 4.75 Å². The first-order valence-corrected chi connectivity index (χ1v) is 5.72. The second-order valence-corrected chi connectivity index (χ2v) is 6.15. The van der Waals surface area contributed by atoms with Crippen molar-refractivity contribution in [1.29, 1.82) is 0 Å². The summed E-state index contributed by atoms with van der Waals surface area (Å²) < 4.78 is 4.42. The van der Waals surface area contributed by atoms with Crippen LogP contribution in [0.4, 0.5) is 0 Å². The average molecular weight is 246 g/mol. The number of aliphatic carboxylic acids is 1. The van der Waals surface area contributed by atoms with Gasteiger partial charge in [0.2, 0.25) is 5.91 Å². The number of carboxylic acid groups (broad SMARTS) is 1. The van der Waals surface area contributed by atoms with E-state index in [-0.39, 0.29) is 11.3 Å². The van der Waals surface area contributed by atoms with Gasteiger partial charge in [-0.2, -0.15) is 0 Å². The minimum Gasteiger partial charge on any atom is -0.478 e. The number of fused-ring (bicyclic) bond motifs is 1. The highest BCUT2D eigenvalue weighted by atomic mass is 32.2. The Balaban J connectivity index is 2.50. The number of hydrogen-bond acceptors (Lipinski definition) is 5. The summed E-state index contributed by atoms with van der Waals surface area (Å²) in [5.41, 5.74) is 4.03. The van der Waals surface area contributed by atoms with Crippen molar-refractivity contribution < 1.29 is 19.4 Å². The first kappa shape index (κ1) is 11.7. The van der Waals surface area contributed by atoms with Crippen LogP contribution in [0.5, 0.6) is 0 Å². The third kappa shape index (κ3) is 1.01. The fourth-order valence-corrected chi connectivity index (χ4v) is 4.06. The Hall–Kier alpha value is -0.790. The van der Waals surface area contributed by atoms with Crippen LogP contribution < -0.4 is 5.73 Å². The molecule has 0 bridgehead atoms. The Kier molecular flexibility index (Phi) is 2.28. The molecule has 2 saturated heterocycles. The van der Waals surface area contributed by atoms with Crippen LogP contribution in [-0.4, -0.2) is 50.9 Å². The molecule has 0 spiro atoms. The van der Waals surface area contributed by atoms with Crippen LogP contribution in [0.15, 0.2) is 0 Å². The zero-order valence-corrected chi connectivity index (χ0v) is 10.1. The van der Waals surface area contributed by atoms with Crippen LogP contribution in [0, 0.1) is 0 Å². The molecular weight excluding hydrogens is 232 g/mol. The monoisotopic (exact) mass is 246 g/mol. The molecule has 2 aliphatic heterocycles. The van der Waals surface area contributed by atoms with Gasteiger partial charge in [0.25, 0.3) is 5.72 Å². The number of thioether (sulfide) groups is 1. The van der Waals surface area contributed by atoms with Crippen molar-refractivity contribution in [2.45, 2.75) is 35.7 Å². The smallest absolute Gasteiger partial charge is 0.359 e. The van der Waals surface area contributed by atoms with Gasteiger partial charge in [-0.25, -0.2) is 4.79 Å². The average Bonchev–Trinajstić information content (AvgIpc) is 2.43. The summed E-state index contributed by atoms with van der Waals surface area (Å²) in [5, 5.41) is 9.05. The molecule has 3 atom stereocenters. The predicted octanol–water partition coefficient (Wildman–Crippen LogP) is -0.565. The lowest BCUT2D eigenvalue weighted by Crippen LogP contribution is -2.75. The van der Waals surface area contributed by atoms with Crippen LogP contribution in [-0.2, 0) is 14.3 Å². The summed E-state index contributed by atoms with van der Waals surface area (Å²) in [5.74, 6) is -1.53. The Morgan fingerprint density at radius 1 is 1.62 bits per heavy atom. The zero-order valence-electron chi connectivity index (χ0n) is 9.26. The maximum absolute atomic E-state index is 11.7. The first-order chi connectivity index (χ1) is 7.29. The lowest BCUT2D eigenvalue weighted by molar-refractivity contribution is -0.210. The SMILES string of the molecule is CO[C@@]1(C(=O)O)N2C(=O)[C@H](N)[C@H]2SC1(C)C. The largest absolute Gasteiger partial charge is 0.478 e. The molecule has 2 heterocycles. The molecule has 90 valence electrons. The number of nitrogens with two attached hydrogens (primary N) is 1. The van der Waals surface area contributed by atoms with Gasteiger partial charge in [0.15, 0.2) is 0 Å². The zero-order chi connectivity index (χ0) is 12.3. The van der Waals surface area contributed by atoms with Crippen LogP contribution in [0.3, 0.4) is 0 Å². The summed E-state index contributed by atoms with van der Waals surface area (Å²) in [4.78, 5) is 24.3. The van der Waals surface area contributed by atoms with Gasteiger partial charge in [-0.3, -0.25) is 9.69 Å². The number of carbonyl (C=O) groups is 2. The molecule has 2 fully saturated rings. The van der Waals surface area contributed by atoms with E-state index in [4.69, 9.17) is 10.5 Å². The molecule has 0 unspecified atom stereocenters. The predicted molar refractivity (Wildman–Crippen MR) is 57.7 cm³/mol. The Bertz CT molecular complexity index is 373. The fourth-order valence-electron chi connectivity index (χ4n) is 2.41. The molecule has 0 saturated carbocycles. The first-order valence-electron chi connectivity index (χ1n) is 4.84. The van der Waals surface area contributed by atoms with Crippen LogP contribution >= 0.6 is 11.8 Å². The molecular formula is C9H14N2O4S. The minimum absolute atomic E-state index is 0.307. The maximum atomic E-state index is 11.7. The summed E-state index contributed by atoms with van der Waals surface area (Å²) in [6.07, 6.45) is 0. The van der Waals surface area contributed by atoms with Gasteiger partial charge in [-0.1, -0.05) is 0 Å². The number of amides is 1. The van der Waals surface area contributed by atoms with Crippen LogP contribution in [0.1, 0.15) is 13.8 Å². The lowest BCUT2D eigenvalue weighted by atomic mass is 9.92. The van der Waals surface area contributed by atoms with E-state index < -0.39 is 22.5 Å². The molecule has 3 N–H and O–H groups in total. The van der Waals surface area contributed by atoms with Gasteiger partial charge in [0, 0.05) is 7.11 Å². The van der Waals surface area contributed by atoms with Crippen molar-refractivity contribution in [3.63, 3.8) is 0 Å². The summed E-state index contributed by atoms with van der Waals surface area (Å²) >= 11 is 1.36. The number of methoxy groups -OCH3 is 1. The molecule has 0 aromatic heterocycles. The van der Waals surface area contributed by atoms with E-state index >= 15 is 0 Å². The van der Waals surface area contributed by atoms with E-state index in [1.54, 1.807) is 13.8 Å². The number of β-lactam (4-membered cyclic amide) rings is 1. The van der Waals surface area contributed by atoms with Gasteiger partial charge in [0.1, 0.15) is 11.4 Å². The molecule has 7 heteroatoms. The number of carboxylic acids is 1. The van der Waals surface area contributed by atoms with E-state index in [1.165, 1.54) is 23.8 Å². The normalized spacial score (nSPS) is 40.5. The number of nitrogens with zero attached hydrogens (tertiary/aromatic N) is 1. The van der Waals surface area contributed by atoms with Crippen LogP contribution in [0.2, 0.25) is 0 Å². The molecule has 6 nitrogen and oxygen atoms in total. The van der Waals surface area contributed by atoms with Crippen molar-refractivity contribution in [3.05, 3.63) is 0 Å². The van der Waals surface area contributed by atoms with Crippen molar-refractivity contribution in [2.24, 2.45) is 5.73 Å². The van der Waals surface area contributed by atoms with E-state index in [2.05, 4.69) is 0 Å². The van der Waals surface area contributed by atoms with Crippen LogP contribution in [0.25, 0.3) is 0 Å². The van der Waals surface area contributed by atoms with Gasteiger partial charge >= 0.3 is 5.97 Å². The molecule has 2 aliphatic rings. The summed E-state index contributed by atoms with van der Waals surface area (Å²) in [6.45, 7) is 3.49. The molecule has 16 heavy (non-hydrogen) atoms. The summed E-state index contributed by atoms with van der Waals surface area (Å²) in [7, 11) is 1.30. The highest BCUT2D eigenvalue weighted by molar-refractivity contribution is 8.01. The third-order valence-electron chi connectivity index (χ3n) is 3.24. The molecule has 1 amide bonds. The van der Waals surface area contributed by atoms with Crippen molar-refractivity contribution >= 4 is 23.6 Å². The van der Waals surface area contributed by atoms with E-state index in [1.807, 2.05) is 0 Å². The maximum Gasteiger partial charge on any atom is 0.359 e. The number of hydrogen-bond donors (Lipinski definition) is 2. The second-order valence-electron chi connectivity index (χ2n) is 4.41. The Labute approximate surface area is 97.1 Å². The second kappa shape index (κ2) is 3.12. The third-order valence-corrected chi connectivity index (χ3v) is 4.85. The standard InChI is InChI=1S/C9H14N2O4S/c1-8(2)9(15-3,7(13)14)11-5(12)4(10)6(11)16-8/h4,6H,10H2,1-3H3,(H,13,14)/t4-,6+,9+/m0/s1. The number of rotatable bonds is 2. The van der Waals surface area contributed by atoms with E-state index in [9.17, 15) is 14.7 Å². The van der Waals surface area contributed by atoms with Gasteiger partial charge in [-0.15, -0.1) is 11.8 Å². The highest BCUT2D eigenvalue weighted by Gasteiger charge is 2.73. The molecule has 0 radical (unpaired) electrons. The fraction of sp³-hybridized carbons (Fsp3) is 0.778. The van der Waals surface area contributed by atoms with E-state index in [0.717, 1.165) is 0 Å². The van der Waals surface area contributed by atoms with Gasteiger partial charge in [-0.05, 0) is 13.8 Å². The topological polar surface area (TPSA) is 92.9 Å². The number of ether oxygens (including phenoxy) is 1. The van der Waals surface area contributed by atoms with E-state index in [0.29, 0.717) is 0 Å². The summed E-state index contributed by atoms with van der Waals surface area (Å²) in [6, 6.07) is -0.624. The molecule has 0 aliphatic carbocycles. The molecule has 2 rings (SSSR count). The van der Waals surface area contributed by atoms with Crippen molar-refractivity contribution in [1.82, 2.24) is 4.90 Å².